The number of carbonyl (C=O) groups is 3. The zero-order chi connectivity index (χ0) is 16.0. The normalized spacial score (nSPS) is 21.2. The smallest absolute Gasteiger partial charge is 0.325 e. The first-order chi connectivity index (χ1) is 9.90. The lowest BCUT2D eigenvalue weighted by molar-refractivity contribution is -0.148. The molecule has 21 heavy (non-hydrogen) atoms. The lowest BCUT2D eigenvalue weighted by Gasteiger charge is -2.28. The van der Waals surface area contributed by atoms with Crippen molar-refractivity contribution in [2.45, 2.75) is 33.1 Å². The van der Waals surface area contributed by atoms with Crippen LogP contribution in [0.2, 0.25) is 0 Å². The maximum absolute atomic E-state index is 12.5. The molecular formula is C14H24N2O5. The van der Waals surface area contributed by atoms with Gasteiger partial charge in [0.25, 0.3) is 0 Å². The van der Waals surface area contributed by atoms with Crippen molar-refractivity contribution >= 4 is 18.0 Å². The third kappa shape index (κ3) is 3.86. The summed E-state index contributed by atoms with van der Waals surface area (Å²) in [6, 6.07) is -0.293. The summed E-state index contributed by atoms with van der Waals surface area (Å²) >= 11 is 0. The van der Waals surface area contributed by atoms with Crippen molar-refractivity contribution in [3.8, 4) is 0 Å². The molecule has 1 heterocycles. The van der Waals surface area contributed by atoms with Crippen LogP contribution >= 0.6 is 0 Å². The van der Waals surface area contributed by atoms with Gasteiger partial charge in [0.05, 0.1) is 12.5 Å². The summed E-state index contributed by atoms with van der Waals surface area (Å²) < 4.78 is 4.59. The van der Waals surface area contributed by atoms with Gasteiger partial charge in [-0.1, -0.05) is 13.8 Å². The van der Waals surface area contributed by atoms with E-state index in [1.165, 1.54) is 16.9 Å². The molecule has 7 heteroatoms. The minimum atomic E-state index is -0.865. The zero-order valence-electron chi connectivity index (χ0n) is 12.9. The maximum Gasteiger partial charge on any atom is 0.325 e. The number of nitrogens with zero attached hydrogens (tertiary/aromatic N) is 2. The fourth-order valence-corrected chi connectivity index (χ4v) is 2.58. The molecule has 0 spiro atoms. The molecule has 1 atom stereocenters. The van der Waals surface area contributed by atoms with Crippen LogP contribution in [0.3, 0.4) is 0 Å². The molecule has 0 saturated carbocycles. The van der Waals surface area contributed by atoms with E-state index in [9.17, 15) is 19.5 Å². The largest absolute Gasteiger partial charge is 0.481 e. The van der Waals surface area contributed by atoms with Crippen molar-refractivity contribution in [2.24, 2.45) is 5.41 Å². The molecule has 0 bridgehead atoms. The lowest BCUT2D eigenvalue weighted by Crippen LogP contribution is -2.46. The molecule has 0 radical (unpaired) electrons. The predicted molar refractivity (Wildman–Crippen MR) is 75.8 cm³/mol. The first-order valence-electron chi connectivity index (χ1n) is 7.24. The number of amides is 2. The zero-order valence-corrected chi connectivity index (χ0v) is 12.9. The summed E-state index contributed by atoms with van der Waals surface area (Å²) in [6.07, 6.45) is 1.65. The first kappa shape index (κ1) is 17.3. The molecule has 0 aliphatic carbocycles. The minimum Gasteiger partial charge on any atom is -0.481 e. The van der Waals surface area contributed by atoms with Crippen LogP contribution in [0.1, 0.15) is 33.1 Å². The van der Waals surface area contributed by atoms with E-state index in [1.54, 1.807) is 0 Å². The number of ether oxygens (including phenoxy) is 1. The number of aliphatic carboxylic acids is 1. The topological polar surface area (TPSA) is 87.2 Å². The van der Waals surface area contributed by atoms with Crippen LogP contribution in [0.5, 0.6) is 0 Å². The van der Waals surface area contributed by atoms with Crippen LogP contribution in [0.4, 0.5) is 4.79 Å². The lowest BCUT2D eigenvalue weighted by atomic mass is 9.84. The number of hydrogen-bond donors (Lipinski definition) is 1. The molecule has 1 N–H and O–H groups in total. The standard InChI is InChI=1S/C14H24N2O5/c1-4-7-15(9-11(17)21-3)13(20)16-8-6-14(5-2,10-16)12(18)19/h4-10H2,1-3H3,(H,18,19). The number of carboxylic acids is 1. The highest BCUT2D eigenvalue weighted by Gasteiger charge is 2.45. The maximum atomic E-state index is 12.5. The van der Waals surface area contributed by atoms with Crippen LogP contribution in [-0.4, -0.2) is 66.2 Å². The number of likely N-dealkylation sites (tertiary alicyclic amines) is 1. The van der Waals surface area contributed by atoms with E-state index in [1.807, 2.05) is 13.8 Å². The molecule has 1 saturated heterocycles. The van der Waals surface area contributed by atoms with Crippen molar-refractivity contribution in [3.05, 3.63) is 0 Å². The molecule has 0 aromatic heterocycles. The van der Waals surface area contributed by atoms with Crippen LogP contribution in [-0.2, 0) is 14.3 Å². The second kappa shape index (κ2) is 7.28. The molecule has 0 aromatic carbocycles. The highest BCUT2D eigenvalue weighted by atomic mass is 16.5. The average molecular weight is 300 g/mol. The van der Waals surface area contributed by atoms with Gasteiger partial charge < -0.3 is 19.6 Å². The second-order valence-corrected chi connectivity index (χ2v) is 5.39. The highest BCUT2D eigenvalue weighted by molar-refractivity contribution is 5.83. The molecule has 1 fully saturated rings. The van der Waals surface area contributed by atoms with E-state index in [4.69, 9.17) is 0 Å². The fraction of sp³-hybridized carbons (Fsp3) is 0.786. The number of esters is 1. The number of urea groups is 1. The van der Waals surface area contributed by atoms with Gasteiger partial charge in [-0.2, -0.15) is 0 Å². The predicted octanol–water partition coefficient (Wildman–Crippen LogP) is 1.18. The Morgan fingerprint density at radius 2 is 2.00 bits per heavy atom. The summed E-state index contributed by atoms with van der Waals surface area (Å²) in [5.41, 5.74) is -0.862. The van der Waals surface area contributed by atoms with E-state index < -0.39 is 17.4 Å². The van der Waals surface area contributed by atoms with E-state index in [0.29, 0.717) is 32.4 Å². The molecule has 0 aromatic rings. The van der Waals surface area contributed by atoms with Gasteiger partial charge in [0, 0.05) is 19.6 Å². The highest BCUT2D eigenvalue weighted by Crippen LogP contribution is 2.34. The van der Waals surface area contributed by atoms with E-state index in [-0.39, 0.29) is 19.1 Å². The van der Waals surface area contributed by atoms with Gasteiger partial charge in [0.2, 0.25) is 0 Å². The molecule has 1 unspecified atom stereocenters. The number of hydrogen-bond acceptors (Lipinski definition) is 4. The summed E-state index contributed by atoms with van der Waals surface area (Å²) in [5.74, 6) is -1.34. The summed E-state index contributed by atoms with van der Waals surface area (Å²) in [7, 11) is 1.28. The van der Waals surface area contributed by atoms with Gasteiger partial charge >= 0.3 is 18.0 Å². The summed E-state index contributed by atoms with van der Waals surface area (Å²) in [4.78, 5) is 38.2. The molecule has 7 nitrogen and oxygen atoms in total. The van der Waals surface area contributed by atoms with Crippen molar-refractivity contribution < 1.29 is 24.2 Å². The Balaban J connectivity index is 2.77. The Kier molecular flexibility index (Phi) is 5.99. The number of carbonyl (C=O) groups excluding carboxylic acids is 2. The second-order valence-electron chi connectivity index (χ2n) is 5.39. The van der Waals surface area contributed by atoms with Crippen LogP contribution in [0.15, 0.2) is 0 Å². The Labute approximate surface area is 124 Å². The van der Waals surface area contributed by atoms with E-state index >= 15 is 0 Å². The molecule has 1 aliphatic heterocycles. The van der Waals surface area contributed by atoms with Gasteiger partial charge in [-0.05, 0) is 19.3 Å². The van der Waals surface area contributed by atoms with Gasteiger partial charge in [0.1, 0.15) is 6.54 Å². The summed E-state index contributed by atoms with van der Waals surface area (Å²) in [5, 5.41) is 9.36. The van der Waals surface area contributed by atoms with Crippen molar-refractivity contribution in [1.29, 1.82) is 0 Å². The van der Waals surface area contributed by atoms with E-state index in [0.717, 1.165) is 0 Å². The first-order valence-corrected chi connectivity index (χ1v) is 7.24. The Morgan fingerprint density at radius 1 is 1.33 bits per heavy atom. The number of methoxy groups -OCH3 is 1. The number of rotatable bonds is 6. The molecule has 1 aliphatic rings. The monoisotopic (exact) mass is 300 g/mol. The van der Waals surface area contributed by atoms with Crippen molar-refractivity contribution in [2.75, 3.05) is 33.3 Å². The third-order valence-corrected chi connectivity index (χ3v) is 4.07. The van der Waals surface area contributed by atoms with Crippen LogP contribution in [0, 0.1) is 5.41 Å². The van der Waals surface area contributed by atoms with E-state index in [2.05, 4.69) is 4.74 Å². The minimum absolute atomic E-state index is 0.105. The van der Waals surface area contributed by atoms with Crippen molar-refractivity contribution in [1.82, 2.24) is 9.80 Å². The van der Waals surface area contributed by atoms with Crippen molar-refractivity contribution in [3.63, 3.8) is 0 Å². The van der Waals surface area contributed by atoms with Gasteiger partial charge in [-0.15, -0.1) is 0 Å². The molecule has 2 amide bonds. The van der Waals surface area contributed by atoms with Gasteiger partial charge in [0.15, 0.2) is 0 Å². The molecular weight excluding hydrogens is 276 g/mol. The van der Waals surface area contributed by atoms with Crippen LogP contribution < -0.4 is 0 Å². The Bertz CT molecular complexity index is 412. The van der Waals surface area contributed by atoms with Gasteiger partial charge in [-0.3, -0.25) is 9.59 Å². The SMILES string of the molecule is CCCN(CC(=O)OC)C(=O)N1CCC(CC)(C(=O)O)C1. The summed E-state index contributed by atoms with van der Waals surface area (Å²) in [6.45, 7) is 4.66. The third-order valence-electron chi connectivity index (χ3n) is 4.07. The van der Waals surface area contributed by atoms with Gasteiger partial charge in [-0.25, -0.2) is 4.79 Å². The molecule has 120 valence electrons. The van der Waals surface area contributed by atoms with Crippen LogP contribution in [0.25, 0.3) is 0 Å². The Morgan fingerprint density at radius 3 is 2.43 bits per heavy atom. The quantitative estimate of drug-likeness (QED) is 0.744. The number of carboxylic acid groups (broad SMARTS) is 1. The Hall–Kier alpha value is -1.79. The average Bonchev–Trinajstić information content (AvgIpc) is 2.91. The molecule has 1 rings (SSSR count). The fourth-order valence-electron chi connectivity index (χ4n) is 2.58.